The summed E-state index contributed by atoms with van der Waals surface area (Å²) in [5.74, 6) is -2.42. The Hall–Kier alpha value is -1.56. The van der Waals surface area contributed by atoms with E-state index in [2.05, 4.69) is 0 Å². The molecule has 4 nitrogen and oxygen atoms in total. The van der Waals surface area contributed by atoms with Crippen molar-refractivity contribution in [2.24, 2.45) is 0 Å². The molecule has 15 heavy (non-hydrogen) atoms. The number of nitrogens with zero attached hydrogens (tertiary/aromatic N) is 1. The van der Waals surface area contributed by atoms with Crippen LogP contribution >= 0.6 is 0 Å². The first-order valence-electron chi connectivity index (χ1n) is 4.22. The summed E-state index contributed by atoms with van der Waals surface area (Å²) in [6, 6.07) is 1.26. The van der Waals surface area contributed by atoms with Crippen LogP contribution < -0.4 is 0 Å². The Balaban J connectivity index is 3.22. The molecule has 1 N–H and O–H groups in total. The number of benzene rings is 1. The Morgan fingerprint density at radius 2 is 2.00 bits per heavy atom. The van der Waals surface area contributed by atoms with Crippen LogP contribution in [0.5, 0.6) is 0 Å². The number of hydrogen-bond donors (Lipinski definition) is 1. The van der Waals surface area contributed by atoms with Crippen molar-refractivity contribution in [3.05, 3.63) is 39.4 Å². The minimum absolute atomic E-state index is 0.0195. The molecule has 0 aliphatic carbocycles. The first kappa shape index (κ1) is 11.5. The highest BCUT2D eigenvalue weighted by molar-refractivity contribution is 5.41. The fourth-order valence-electron chi connectivity index (χ4n) is 1.23. The second-order valence-corrected chi connectivity index (χ2v) is 3.21. The van der Waals surface area contributed by atoms with Crippen LogP contribution in [0.15, 0.2) is 12.1 Å². The maximum atomic E-state index is 12.8. The first-order chi connectivity index (χ1) is 6.91. The standard InChI is InChI=1S/C9H9F2NO3/c1-5(13)2-6-3-7(10)8(11)4-9(6)12(14)15/h3-5,13H,2H2,1H3/t5-/m0/s1. The molecule has 1 aromatic carbocycles. The Kier molecular flexibility index (Phi) is 3.31. The molecule has 0 aliphatic rings. The molecule has 0 aliphatic heterocycles. The van der Waals surface area contributed by atoms with Crippen LogP contribution in [0.2, 0.25) is 0 Å². The van der Waals surface area contributed by atoms with Crippen LogP contribution in [-0.4, -0.2) is 16.1 Å². The zero-order valence-corrected chi connectivity index (χ0v) is 7.91. The molecule has 1 atom stereocenters. The van der Waals surface area contributed by atoms with Crippen molar-refractivity contribution in [2.75, 3.05) is 0 Å². The maximum absolute atomic E-state index is 12.8. The van der Waals surface area contributed by atoms with Crippen LogP contribution in [0.3, 0.4) is 0 Å². The van der Waals surface area contributed by atoms with E-state index in [1.165, 1.54) is 6.92 Å². The quantitative estimate of drug-likeness (QED) is 0.620. The van der Waals surface area contributed by atoms with Crippen molar-refractivity contribution in [3.63, 3.8) is 0 Å². The number of hydrogen-bond acceptors (Lipinski definition) is 3. The summed E-state index contributed by atoms with van der Waals surface area (Å²) >= 11 is 0. The van der Waals surface area contributed by atoms with Crippen molar-refractivity contribution >= 4 is 5.69 Å². The minimum atomic E-state index is -1.27. The summed E-state index contributed by atoms with van der Waals surface area (Å²) in [4.78, 5) is 9.70. The largest absolute Gasteiger partial charge is 0.393 e. The molecule has 0 unspecified atom stereocenters. The number of halogens is 2. The predicted octanol–water partition coefficient (Wildman–Crippen LogP) is 1.80. The Labute approximate surface area is 84.3 Å². The van der Waals surface area contributed by atoms with Gasteiger partial charge in [-0.2, -0.15) is 0 Å². The SMILES string of the molecule is C[C@H](O)Cc1cc(F)c(F)cc1[N+](=O)[O-]. The van der Waals surface area contributed by atoms with Crippen LogP contribution in [-0.2, 0) is 6.42 Å². The summed E-state index contributed by atoms with van der Waals surface area (Å²) in [5, 5.41) is 19.5. The molecular formula is C9H9F2NO3. The fraction of sp³-hybridized carbons (Fsp3) is 0.333. The lowest BCUT2D eigenvalue weighted by Gasteiger charge is -2.05. The molecule has 0 saturated heterocycles. The zero-order chi connectivity index (χ0) is 11.6. The first-order valence-corrected chi connectivity index (χ1v) is 4.22. The van der Waals surface area contributed by atoms with Gasteiger partial charge in [0.2, 0.25) is 0 Å². The van der Waals surface area contributed by atoms with E-state index < -0.39 is 28.3 Å². The molecular weight excluding hydrogens is 208 g/mol. The molecule has 0 amide bonds. The lowest BCUT2D eigenvalue weighted by atomic mass is 10.1. The van der Waals surface area contributed by atoms with Gasteiger partial charge in [0.25, 0.3) is 5.69 Å². The van der Waals surface area contributed by atoms with Crippen molar-refractivity contribution in [1.29, 1.82) is 0 Å². The number of nitro benzene ring substituents is 1. The van der Waals surface area contributed by atoms with E-state index in [9.17, 15) is 18.9 Å². The molecule has 6 heteroatoms. The van der Waals surface area contributed by atoms with Gasteiger partial charge in [0, 0.05) is 12.0 Å². The van der Waals surface area contributed by atoms with Gasteiger partial charge >= 0.3 is 0 Å². The highest BCUT2D eigenvalue weighted by Gasteiger charge is 2.19. The Bertz CT molecular complexity index is 393. The zero-order valence-electron chi connectivity index (χ0n) is 7.91. The molecule has 0 spiro atoms. The van der Waals surface area contributed by atoms with Crippen LogP contribution in [0, 0.1) is 21.7 Å². The minimum Gasteiger partial charge on any atom is -0.393 e. The van der Waals surface area contributed by atoms with Crippen molar-refractivity contribution < 1.29 is 18.8 Å². The van der Waals surface area contributed by atoms with E-state index in [0.29, 0.717) is 6.07 Å². The molecule has 0 aromatic heterocycles. The fourth-order valence-corrected chi connectivity index (χ4v) is 1.23. The van der Waals surface area contributed by atoms with Gasteiger partial charge < -0.3 is 5.11 Å². The molecule has 0 fully saturated rings. The predicted molar refractivity (Wildman–Crippen MR) is 48.4 cm³/mol. The molecule has 0 radical (unpaired) electrons. The van der Waals surface area contributed by atoms with E-state index in [0.717, 1.165) is 6.07 Å². The van der Waals surface area contributed by atoms with Crippen LogP contribution in [0.1, 0.15) is 12.5 Å². The smallest absolute Gasteiger partial charge is 0.275 e. The highest BCUT2D eigenvalue weighted by atomic mass is 19.2. The van der Waals surface area contributed by atoms with Crippen molar-refractivity contribution in [2.45, 2.75) is 19.4 Å². The van der Waals surface area contributed by atoms with Gasteiger partial charge in [-0.05, 0) is 13.0 Å². The lowest BCUT2D eigenvalue weighted by molar-refractivity contribution is -0.385. The van der Waals surface area contributed by atoms with Gasteiger partial charge in [0.1, 0.15) is 0 Å². The van der Waals surface area contributed by atoms with Gasteiger partial charge in [-0.25, -0.2) is 8.78 Å². The molecule has 0 saturated carbocycles. The monoisotopic (exact) mass is 217 g/mol. The molecule has 0 bridgehead atoms. The summed E-state index contributed by atoms with van der Waals surface area (Å²) in [7, 11) is 0. The third-order valence-electron chi connectivity index (χ3n) is 1.83. The van der Waals surface area contributed by atoms with Crippen molar-refractivity contribution in [3.8, 4) is 0 Å². The van der Waals surface area contributed by atoms with Gasteiger partial charge in [-0.15, -0.1) is 0 Å². The normalized spacial score (nSPS) is 12.5. The molecule has 1 aromatic rings. The van der Waals surface area contributed by atoms with E-state index in [-0.39, 0.29) is 12.0 Å². The number of nitro groups is 1. The average Bonchev–Trinajstić information content (AvgIpc) is 2.09. The number of rotatable bonds is 3. The van der Waals surface area contributed by atoms with Crippen molar-refractivity contribution in [1.82, 2.24) is 0 Å². The Morgan fingerprint density at radius 1 is 1.47 bits per heavy atom. The summed E-state index contributed by atoms with van der Waals surface area (Å²) in [6.07, 6.45) is -0.943. The van der Waals surface area contributed by atoms with E-state index in [1.807, 2.05) is 0 Å². The van der Waals surface area contributed by atoms with Crippen LogP contribution in [0.4, 0.5) is 14.5 Å². The van der Waals surface area contributed by atoms with E-state index >= 15 is 0 Å². The lowest BCUT2D eigenvalue weighted by Crippen LogP contribution is -2.08. The van der Waals surface area contributed by atoms with E-state index in [1.54, 1.807) is 0 Å². The van der Waals surface area contributed by atoms with Gasteiger partial charge in [0.05, 0.1) is 17.1 Å². The highest BCUT2D eigenvalue weighted by Crippen LogP contribution is 2.23. The second kappa shape index (κ2) is 4.31. The molecule has 0 heterocycles. The van der Waals surface area contributed by atoms with Gasteiger partial charge in [-0.3, -0.25) is 10.1 Å². The topological polar surface area (TPSA) is 63.4 Å². The van der Waals surface area contributed by atoms with Crippen LogP contribution in [0.25, 0.3) is 0 Å². The second-order valence-electron chi connectivity index (χ2n) is 3.21. The summed E-state index contributed by atoms with van der Waals surface area (Å²) in [6.45, 7) is 1.41. The molecule has 82 valence electrons. The molecule has 1 rings (SSSR count). The summed E-state index contributed by atoms with van der Waals surface area (Å²) in [5.41, 5.74) is -0.538. The maximum Gasteiger partial charge on any atom is 0.275 e. The van der Waals surface area contributed by atoms with E-state index in [4.69, 9.17) is 5.11 Å². The summed E-state index contributed by atoms with van der Waals surface area (Å²) < 4.78 is 25.5. The third-order valence-corrected chi connectivity index (χ3v) is 1.83. The van der Waals surface area contributed by atoms with Gasteiger partial charge in [0.15, 0.2) is 11.6 Å². The average molecular weight is 217 g/mol. The number of aliphatic hydroxyl groups is 1. The Morgan fingerprint density at radius 3 is 2.47 bits per heavy atom. The van der Waals surface area contributed by atoms with Gasteiger partial charge in [-0.1, -0.05) is 0 Å². The number of aliphatic hydroxyl groups excluding tert-OH is 1. The third kappa shape index (κ3) is 2.69.